The van der Waals surface area contributed by atoms with Crippen molar-refractivity contribution in [1.82, 2.24) is 0 Å². The van der Waals surface area contributed by atoms with E-state index in [0.29, 0.717) is 5.75 Å². The lowest BCUT2D eigenvalue weighted by Crippen LogP contribution is -2.00. The van der Waals surface area contributed by atoms with E-state index in [4.69, 9.17) is 4.52 Å². The summed E-state index contributed by atoms with van der Waals surface area (Å²) in [6.07, 6.45) is 11.0. The van der Waals surface area contributed by atoms with Gasteiger partial charge in [0.1, 0.15) is 5.75 Å². The second-order valence-corrected chi connectivity index (χ2v) is 8.81. The molecule has 0 aliphatic carbocycles. The van der Waals surface area contributed by atoms with Crippen LogP contribution < -0.4 is 4.52 Å². The molecule has 2 aromatic carbocycles. The molecule has 0 aliphatic heterocycles. The summed E-state index contributed by atoms with van der Waals surface area (Å²) in [5, 5.41) is 0. The molecule has 0 fully saturated rings. The summed E-state index contributed by atoms with van der Waals surface area (Å²) in [4.78, 5) is 18.8. The van der Waals surface area contributed by atoms with Crippen molar-refractivity contribution >= 4 is 7.82 Å². The zero-order valence-corrected chi connectivity index (χ0v) is 18.7. The van der Waals surface area contributed by atoms with Crippen molar-refractivity contribution in [3.05, 3.63) is 53.6 Å². The van der Waals surface area contributed by atoms with Crippen LogP contribution in [0.15, 0.2) is 42.5 Å². The lowest BCUT2D eigenvalue weighted by molar-refractivity contribution is 0.282. The molecule has 2 aromatic rings. The number of aryl methyl sites for hydroxylation is 1. The average molecular weight is 419 g/mol. The van der Waals surface area contributed by atoms with Crippen LogP contribution in [0.1, 0.15) is 76.3 Å². The fourth-order valence-electron chi connectivity index (χ4n) is 3.74. The van der Waals surface area contributed by atoms with Gasteiger partial charge in [0.25, 0.3) is 0 Å². The second kappa shape index (κ2) is 12.2. The fraction of sp³-hybridized carbons (Fsp3) is 0.500. The van der Waals surface area contributed by atoms with Gasteiger partial charge in [-0.2, -0.15) is 0 Å². The molecule has 2 N–H and O–H groups in total. The van der Waals surface area contributed by atoms with E-state index < -0.39 is 7.82 Å². The Labute approximate surface area is 175 Å². The zero-order valence-electron chi connectivity index (χ0n) is 17.8. The maximum atomic E-state index is 11.5. The molecule has 2 rings (SSSR count). The van der Waals surface area contributed by atoms with Crippen molar-refractivity contribution in [3.63, 3.8) is 0 Å². The van der Waals surface area contributed by atoms with E-state index in [-0.39, 0.29) is 0 Å². The highest BCUT2D eigenvalue weighted by molar-refractivity contribution is 7.46. The highest BCUT2D eigenvalue weighted by Gasteiger charge is 2.21. The zero-order chi connectivity index (χ0) is 21.1. The molecule has 0 radical (unpaired) electrons. The average Bonchev–Trinajstić information content (AvgIpc) is 2.69. The molecule has 0 atom stereocenters. The molecule has 5 heteroatoms. The Hall–Kier alpha value is -1.61. The van der Waals surface area contributed by atoms with Crippen LogP contribution in [0.3, 0.4) is 0 Å². The van der Waals surface area contributed by atoms with E-state index in [1.165, 1.54) is 31.2 Å². The molecular formula is C24H35O4P. The topological polar surface area (TPSA) is 66.8 Å². The Bertz CT molecular complexity index is 797. The van der Waals surface area contributed by atoms with Gasteiger partial charge in [0, 0.05) is 5.56 Å². The van der Waals surface area contributed by atoms with Crippen LogP contribution in [0.4, 0.5) is 0 Å². The van der Waals surface area contributed by atoms with Crippen molar-refractivity contribution in [1.29, 1.82) is 0 Å². The van der Waals surface area contributed by atoms with Crippen LogP contribution >= 0.6 is 7.82 Å². The molecule has 160 valence electrons. The Morgan fingerprint density at radius 3 is 2.14 bits per heavy atom. The first-order chi connectivity index (χ1) is 14.0. The van der Waals surface area contributed by atoms with E-state index in [9.17, 15) is 14.4 Å². The van der Waals surface area contributed by atoms with Crippen LogP contribution in [0.25, 0.3) is 11.1 Å². The van der Waals surface area contributed by atoms with Crippen molar-refractivity contribution in [2.45, 2.75) is 78.1 Å². The summed E-state index contributed by atoms with van der Waals surface area (Å²) >= 11 is 0. The third-order valence-corrected chi connectivity index (χ3v) is 5.67. The highest BCUT2D eigenvalue weighted by atomic mass is 31.2. The number of benzene rings is 2. The Balaban J connectivity index is 2.33. The summed E-state index contributed by atoms with van der Waals surface area (Å²) in [6.45, 7) is 4.39. The molecule has 0 unspecified atom stereocenters. The number of unbranched alkanes of at least 4 members (excludes halogenated alkanes) is 6. The SMILES string of the molecule is CCCCCCCCc1c(OP(=O)(O)O)cccc1-c1ccccc1CCCC. The number of hydrogen-bond donors (Lipinski definition) is 2. The molecule has 0 aliphatic rings. The fourth-order valence-corrected chi connectivity index (χ4v) is 4.17. The minimum atomic E-state index is -4.61. The van der Waals surface area contributed by atoms with Crippen LogP contribution in [-0.2, 0) is 17.4 Å². The minimum absolute atomic E-state index is 0.301. The third-order valence-electron chi connectivity index (χ3n) is 5.24. The molecule has 4 nitrogen and oxygen atoms in total. The largest absolute Gasteiger partial charge is 0.524 e. The number of phosphoric ester groups is 1. The Morgan fingerprint density at radius 2 is 1.41 bits per heavy atom. The lowest BCUT2D eigenvalue weighted by Gasteiger charge is -2.18. The van der Waals surface area contributed by atoms with Gasteiger partial charge in [0.05, 0.1) is 0 Å². The molecule has 0 amide bonds. The lowest BCUT2D eigenvalue weighted by atomic mass is 9.90. The number of rotatable bonds is 13. The molecule has 29 heavy (non-hydrogen) atoms. The molecule has 0 bridgehead atoms. The van der Waals surface area contributed by atoms with Gasteiger partial charge in [-0.15, -0.1) is 0 Å². The van der Waals surface area contributed by atoms with E-state index >= 15 is 0 Å². The van der Waals surface area contributed by atoms with Gasteiger partial charge in [0.15, 0.2) is 0 Å². The molecule has 0 saturated heterocycles. The van der Waals surface area contributed by atoms with Crippen molar-refractivity contribution in [3.8, 4) is 16.9 Å². The van der Waals surface area contributed by atoms with Crippen molar-refractivity contribution in [2.24, 2.45) is 0 Å². The van der Waals surface area contributed by atoms with Gasteiger partial charge in [-0.05, 0) is 48.4 Å². The summed E-state index contributed by atoms with van der Waals surface area (Å²) in [7, 11) is -4.61. The van der Waals surface area contributed by atoms with Gasteiger partial charge < -0.3 is 4.52 Å². The monoisotopic (exact) mass is 418 g/mol. The maximum Gasteiger partial charge on any atom is 0.524 e. The second-order valence-electron chi connectivity index (χ2n) is 7.64. The van der Waals surface area contributed by atoms with Gasteiger partial charge in [0.2, 0.25) is 0 Å². The first kappa shape index (κ1) is 23.7. The van der Waals surface area contributed by atoms with E-state index in [1.807, 2.05) is 18.2 Å². The normalized spacial score (nSPS) is 11.6. The van der Waals surface area contributed by atoms with Crippen molar-refractivity contribution in [2.75, 3.05) is 0 Å². The van der Waals surface area contributed by atoms with Gasteiger partial charge in [-0.3, -0.25) is 9.79 Å². The molecular weight excluding hydrogens is 383 g/mol. The molecule has 0 spiro atoms. The summed E-state index contributed by atoms with van der Waals surface area (Å²) in [5.74, 6) is 0.301. The number of hydrogen-bond acceptors (Lipinski definition) is 2. The predicted octanol–water partition coefficient (Wildman–Crippen LogP) is 7.07. The smallest absolute Gasteiger partial charge is 0.404 e. The van der Waals surface area contributed by atoms with Crippen LogP contribution in [0.2, 0.25) is 0 Å². The first-order valence-corrected chi connectivity index (χ1v) is 12.4. The minimum Gasteiger partial charge on any atom is -0.404 e. The number of phosphoric acid groups is 1. The highest BCUT2D eigenvalue weighted by Crippen LogP contribution is 2.42. The summed E-state index contributed by atoms with van der Waals surface area (Å²) in [5.41, 5.74) is 4.33. The maximum absolute atomic E-state index is 11.5. The molecule has 0 heterocycles. The van der Waals surface area contributed by atoms with Gasteiger partial charge in [-0.1, -0.05) is 88.8 Å². The summed E-state index contributed by atoms with van der Waals surface area (Å²) in [6, 6.07) is 13.9. The first-order valence-electron chi connectivity index (χ1n) is 10.9. The van der Waals surface area contributed by atoms with Crippen LogP contribution in [0, 0.1) is 0 Å². The van der Waals surface area contributed by atoms with Crippen molar-refractivity contribution < 1.29 is 18.9 Å². The quantitative estimate of drug-likeness (QED) is 0.270. The Kier molecular flexibility index (Phi) is 9.93. The van der Waals surface area contributed by atoms with E-state index in [1.54, 1.807) is 6.07 Å². The summed E-state index contributed by atoms with van der Waals surface area (Å²) < 4.78 is 16.6. The van der Waals surface area contributed by atoms with Crippen LogP contribution in [-0.4, -0.2) is 9.79 Å². The van der Waals surface area contributed by atoms with Gasteiger partial charge >= 0.3 is 7.82 Å². The standard InChI is InChI=1S/C24H35O4P/c1-3-5-7-8-9-10-17-23-22(18-13-19-24(23)28-29(25,26)27)21-16-12-11-15-20(21)14-6-4-2/h11-13,15-16,18-19H,3-10,14,17H2,1-2H3,(H2,25,26,27). The Morgan fingerprint density at radius 1 is 0.759 bits per heavy atom. The predicted molar refractivity (Wildman–Crippen MR) is 120 cm³/mol. The molecule has 0 saturated carbocycles. The third kappa shape index (κ3) is 7.97. The molecule has 0 aromatic heterocycles. The van der Waals surface area contributed by atoms with Crippen LogP contribution in [0.5, 0.6) is 5.75 Å². The van der Waals surface area contributed by atoms with E-state index in [0.717, 1.165) is 55.2 Å². The van der Waals surface area contributed by atoms with E-state index in [2.05, 4.69) is 32.0 Å². The van der Waals surface area contributed by atoms with Gasteiger partial charge in [-0.25, -0.2) is 4.57 Å².